The maximum absolute atomic E-state index is 12.7. The zero-order chi connectivity index (χ0) is 22.4. The number of carbonyl (C=O) groups excluding carboxylic acids is 1. The van der Waals surface area contributed by atoms with E-state index in [1.165, 1.54) is 11.6 Å². The number of hydrogen-bond acceptors (Lipinski definition) is 4. The van der Waals surface area contributed by atoms with Gasteiger partial charge >= 0.3 is 5.97 Å². The number of carbonyl (C=O) groups is 1. The third-order valence-electron chi connectivity index (χ3n) is 4.95. The fourth-order valence-electron chi connectivity index (χ4n) is 3.21. The van der Waals surface area contributed by atoms with E-state index in [9.17, 15) is 9.59 Å². The molecule has 2 N–H and O–H groups in total. The molecule has 0 atom stereocenters. The molecule has 0 fully saturated rings. The van der Waals surface area contributed by atoms with Gasteiger partial charge in [0.1, 0.15) is 5.02 Å². The lowest BCUT2D eigenvalue weighted by atomic mass is 10.1. The van der Waals surface area contributed by atoms with Crippen LogP contribution in [0.25, 0.3) is 12.2 Å². The Morgan fingerprint density at radius 3 is 2.45 bits per heavy atom. The largest absolute Gasteiger partial charge is 0.370 e. The predicted octanol–water partition coefficient (Wildman–Crippen LogP) is 5.16. The fourth-order valence-corrected chi connectivity index (χ4v) is 3.76. The summed E-state index contributed by atoms with van der Waals surface area (Å²) in [4.78, 5) is 28.4. The van der Waals surface area contributed by atoms with E-state index in [1.54, 1.807) is 28.8 Å². The Hall–Kier alpha value is -2.86. The average molecular weight is 457 g/mol. The SMILES string of the molecule is CCc1cccc(/C=C/c2c(Cl)cc(Cl)c(=O)n2CCc2ccc(C(=O)ON)cc2)c1. The van der Waals surface area contributed by atoms with E-state index >= 15 is 0 Å². The molecule has 160 valence electrons. The van der Waals surface area contributed by atoms with Gasteiger partial charge in [0, 0.05) is 6.54 Å². The summed E-state index contributed by atoms with van der Waals surface area (Å²) >= 11 is 12.5. The van der Waals surface area contributed by atoms with Crippen LogP contribution in [0.2, 0.25) is 10.0 Å². The van der Waals surface area contributed by atoms with E-state index in [4.69, 9.17) is 29.1 Å². The highest BCUT2D eigenvalue weighted by Gasteiger charge is 2.12. The fraction of sp³-hybridized carbons (Fsp3) is 0.167. The van der Waals surface area contributed by atoms with Crippen LogP contribution in [-0.4, -0.2) is 10.5 Å². The first kappa shape index (κ1) is 22.8. The highest BCUT2D eigenvalue weighted by Crippen LogP contribution is 2.21. The second-order valence-electron chi connectivity index (χ2n) is 6.97. The van der Waals surface area contributed by atoms with Gasteiger partial charge < -0.3 is 9.40 Å². The Bertz CT molecular complexity index is 1170. The van der Waals surface area contributed by atoms with Gasteiger partial charge in [-0.25, -0.2) is 4.79 Å². The summed E-state index contributed by atoms with van der Waals surface area (Å²) in [5, 5.41) is 0.463. The number of nitrogens with two attached hydrogens (primary N) is 1. The van der Waals surface area contributed by atoms with Gasteiger partial charge in [0.05, 0.1) is 16.3 Å². The second-order valence-corrected chi connectivity index (χ2v) is 7.78. The maximum Gasteiger partial charge on any atom is 0.356 e. The van der Waals surface area contributed by atoms with Crippen molar-refractivity contribution < 1.29 is 9.63 Å². The summed E-state index contributed by atoms with van der Waals surface area (Å²) in [6, 6.07) is 16.5. The van der Waals surface area contributed by atoms with Crippen LogP contribution in [0, 0.1) is 0 Å². The van der Waals surface area contributed by atoms with Crippen LogP contribution in [0.1, 0.15) is 39.7 Å². The van der Waals surface area contributed by atoms with E-state index in [1.807, 2.05) is 24.3 Å². The van der Waals surface area contributed by atoms with Crippen molar-refractivity contribution in [2.24, 2.45) is 5.90 Å². The van der Waals surface area contributed by atoms with E-state index in [-0.39, 0.29) is 10.6 Å². The smallest absolute Gasteiger partial charge is 0.356 e. The summed E-state index contributed by atoms with van der Waals surface area (Å²) in [6.45, 7) is 2.47. The van der Waals surface area contributed by atoms with Crippen molar-refractivity contribution in [3.63, 3.8) is 0 Å². The van der Waals surface area contributed by atoms with Crippen molar-refractivity contribution in [1.29, 1.82) is 0 Å². The molecule has 0 saturated carbocycles. The number of halogens is 2. The van der Waals surface area contributed by atoms with Crippen LogP contribution in [0.15, 0.2) is 59.4 Å². The molecule has 0 spiro atoms. The molecular weight excluding hydrogens is 435 g/mol. The van der Waals surface area contributed by atoms with Crippen molar-refractivity contribution in [2.45, 2.75) is 26.3 Å². The molecule has 1 heterocycles. The number of nitrogens with zero attached hydrogens (tertiary/aromatic N) is 1. The Kier molecular flexibility index (Phi) is 7.69. The summed E-state index contributed by atoms with van der Waals surface area (Å²) in [6.07, 6.45) is 5.24. The molecule has 0 unspecified atom stereocenters. The molecule has 3 aromatic rings. The lowest BCUT2D eigenvalue weighted by Gasteiger charge is -2.13. The normalized spacial score (nSPS) is 11.1. The average Bonchev–Trinajstić information content (AvgIpc) is 2.79. The summed E-state index contributed by atoms with van der Waals surface area (Å²) in [7, 11) is 0. The molecular formula is C24H22Cl2N2O3. The number of aryl methyl sites for hydroxylation is 2. The van der Waals surface area contributed by atoms with Gasteiger partial charge in [-0.05, 0) is 53.8 Å². The summed E-state index contributed by atoms with van der Waals surface area (Å²) in [5.74, 6) is 4.30. The topological polar surface area (TPSA) is 74.3 Å². The number of benzene rings is 2. The number of pyridine rings is 1. The molecule has 7 heteroatoms. The van der Waals surface area contributed by atoms with Gasteiger partial charge in [-0.15, -0.1) is 0 Å². The van der Waals surface area contributed by atoms with Crippen LogP contribution in [0.5, 0.6) is 0 Å². The molecule has 1 aromatic heterocycles. The van der Waals surface area contributed by atoms with Crippen molar-refractivity contribution in [3.8, 4) is 0 Å². The molecule has 0 aliphatic carbocycles. The Morgan fingerprint density at radius 2 is 1.77 bits per heavy atom. The molecule has 5 nitrogen and oxygen atoms in total. The van der Waals surface area contributed by atoms with Gasteiger partial charge in [0.15, 0.2) is 0 Å². The van der Waals surface area contributed by atoms with Crippen LogP contribution in [0.3, 0.4) is 0 Å². The van der Waals surface area contributed by atoms with Gasteiger partial charge in [-0.2, -0.15) is 5.90 Å². The van der Waals surface area contributed by atoms with E-state index in [0.717, 1.165) is 17.5 Å². The number of rotatable bonds is 7. The molecule has 0 saturated heterocycles. The Labute approximate surface area is 190 Å². The van der Waals surface area contributed by atoms with Crippen LogP contribution >= 0.6 is 23.2 Å². The zero-order valence-corrected chi connectivity index (χ0v) is 18.5. The molecule has 0 amide bonds. The van der Waals surface area contributed by atoms with Crippen molar-refractivity contribution in [1.82, 2.24) is 4.57 Å². The first-order chi connectivity index (χ1) is 14.9. The van der Waals surface area contributed by atoms with Gasteiger partial charge in [-0.3, -0.25) is 4.79 Å². The molecule has 2 aromatic carbocycles. The standard InChI is InChI=1S/C24H22Cl2N2O3/c1-2-16-4-3-5-18(14-16)8-11-22-20(25)15-21(26)23(29)28(22)13-12-17-6-9-19(10-7-17)24(30)31-27/h3-11,14-15H,2,12-13,27H2,1H3/b11-8+. The van der Waals surface area contributed by atoms with Gasteiger partial charge in [-0.1, -0.05) is 72.6 Å². The van der Waals surface area contributed by atoms with E-state index in [2.05, 4.69) is 23.9 Å². The molecule has 3 rings (SSSR count). The first-order valence-electron chi connectivity index (χ1n) is 9.78. The quantitative estimate of drug-likeness (QED) is 0.498. The van der Waals surface area contributed by atoms with Gasteiger partial charge in [0.2, 0.25) is 0 Å². The van der Waals surface area contributed by atoms with Crippen LogP contribution in [0.4, 0.5) is 0 Å². The maximum atomic E-state index is 12.7. The van der Waals surface area contributed by atoms with E-state index < -0.39 is 5.97 Å². The Balaban J connectivity index is 1.88. The van der Waals surface area contributed by atoms with E-state index in [0.29, 0.717) is 29.2 Å². The molecule has 0 bridgehead atoms. The van der Waals surface area contributed by atoms with Gasteiger partial charge in [0.25, 0.3) is 5.56 Å². The van der Waals surface area contributed by atoms with Crippen LogP contribution in [-0.2, 0) is 24.2 Å². The van der Waals surface area contributed by atoms with Crippen molar-refractivity contribution in [2.75, 3.05) is 0 Å². The minimum absolute atomic E-state index is 0.0659. The Morgan fingerprint density at radius 1 is 1.03 bits per heavy atom. The molecule has 31 heavy (non-hydrogen) atoms. The zero-order valence-electron chi connectivity index (χ0n) is 17.0. The summed E-state index contributed by atoms with van der Waals surface area (Å²) < 4.78 is 1.56. The monoisotopic (exact) mass is 456 g/mol. The van der Waals surface area contributed by atoms with Crippen LogP contribution < -0.4 is 11.5 Å². The highest BCUT2D eigenvalue weighted by molar-refractivity contribution is 6.35. The second kappa shape index (κ2) is 10.4. The minimum atomic E-state index is -0.607. The summed E-state index contributed by atoms with van der Waals surface area (Å²) in [5.41, 5.74) is 3.81. The third kappa shape index (κ3) is 5.64. The lowest BCUT2D eigenvalue weighted by Crippen LogP contribution is -2.24. The lowest BCUT2D eigenvalue weighted by molar-refractivity contribution is 0.0503. The number of aromatic nitrogens is 1. The highest BCUT2D eigenvalue weighted by atomic mass is 35.5. The molecule has 0 aliphatic heterocycles. The van der Waals surface area contributed by atoms with Crippen molar-refractivity contribution in [3.05, 3.63) is 103 Å². The predicted molar refractivity (Wildman–Crippen MR) is 125 cm³/mol. The number of hydrogen-bond donors (Lipinski definition) is 1. The van der Waals surface area contributed by atoms with Crippen molar-refractivity contribution >= 4 is 41.3 Å². The molecule has 0 aliphatic rings. The molecule has 0 radical (unpaired) electrons. The first-order valence-corrected chi connectivity index (χ1v) is 10.5. The minimum Gasteiger partial charge on any atom is -0.370 e. The third-order valence-corrected chi connectivity index (χ3v) is 5.53.